The Morgan fingerprint density at radius 1 is 0.947 bits per heavy atom. The Morgan fingerprint density at radius 3 is 2.37 bits per heavy atom. The second-order valence-electron chi connectivity index (χ2n) is 4.46. The van der Waals surface area contributed by atoms with Crippen LogP contribution in [0.2, 0.25) is 0 Å². The number of rotatable bonds is 1. The number of fused-ring (bicyclic) bond motifs is 1. The molecule has 2 N–H and O–H groups in total. The normalized spacial score (nSPS) is 14.4. The third-order valence-electron chi connectivity index (χ3n) is 3.19. The Morgan fingerprint density at radius 2 is 1.63 bits per heavy atom. The van der Waals surface area contributed by atoms with Gasteiger partial charge in [-0.3, -0.25) is 9.59 Å². The molecule has 2 aromatic carbocycles. The molecule has 4 heteroatoms. The van der Waals surface area contributed by atoms with Crippen LogP contribution >= 0.6 is 0 Å². The van der Waals surface area contributed by atoms with Gasteiger partial charge < -0.3 is 5.73 Å². The van der Waals surface area contributed by atoms with Crippen molar-refractivity contribution in [3.05, 3.63) is 59.7 Å². The molecule has 0 saturated heterocycles. The van der Waals surface area contributed by atoms with Gasteiger partial charge in [0, 0.05) is 11.3 Å². The van der Waals surface area contributed by atoms with Crippen LogP contribution in [-0.2, 0) is 11.2 Å². The lowest BCUT2D eigenvalue weighted by molar-refractivity contribution is -0.117. The number of anilines is 2. The largest absolute Gasteiger partial charge is 0.399 e. The summed E-state index contributed by atoms with van der Waals surface area (Å²) < 4.78 is 0. The molecule has 1 heterocycles. The van der Waals surface area contributed by atoms with E-state index in [9.17, 15) is 9.59 Å². The number of amides is 2. The minimum absolute atomic E-state index is 0.214. The SMILES string of the molecule is Nc1ccc(N2C(=O)Cc3ccccc3C2=O)cc1. The van der Waals surface area contributed by atoms with Crippen LogP contribution in [0.15, 0.2) is 48.5 Å². The number of nitrogens with zero attached hydrogens (tertiary/aromatic N) is 1. The number of benzene rings is 2. The van der Waals surface area contributed by atoms with Crippen LogP contribution < -0.4 is 10.6 Å². The molecule has 0 spiro atoms. The Hall–Kier alpha value is -2.62. The number of nitrogen functional groups attached to an aromatic ring is 1. The fourth-order valence-corrected chi connectivity index (χ4v) is 2.24. The molecule has 0 aliphatic carbocycles. The van der Waals surface area contributed by atoms with E-state index >= 15 is 0 Å². The van der Waals surface area contributed by atoms with Gasteiger partial charge in [-0.15, -0.1) is 0 Å². The van der Waals surface area contributed by atoms with E-state index in [0.29, 0.717) is 16.9 Å². The van der Waals surface area contributed by atoms with E-state index in [4.69, 9.17) is 5.73 Å². The Bertz CT molecular complexity index is 662. The summed E-state index contributed by atoms with van der Waals surface area (Å²) in [6.07, 6.45) is 0.242. The van der Waals surface area contributed by atoms with Crippen LogP contribution in [0.3, 0.4) is 0 Å². The maximum absolute atomic E-state index is 12.4. The highest BCUT2D eigenvalue weighted by Gasteiger charge is 2.31. The predicted octanol–water partition coefficient (Wildman–Crippen LogP) is 2.00. The minimum atomic E-state index is -0.281. The van der Waals surface area contributed by atoms with E-state index in [0.717, 1.165) is 5.56 Å². The van der Waals surface area contributed by atoms with Crippen LogP contribution in [0, 0.1) is 0 Å². The zero-order valence-electron chi connectivity index (χ0n) is 10.2. The van der Waals surface area contributed by atoms with Gasteiger partial charge in [0.05, 0.1) is 12.1 Å². The molecule has 1 aliphatic rings. The van der Waals surface area contributed by atoms with Gasteiger partial charge in [0.15, 0.2) is 0 Å². The molecule has 0 saturated carbocycles. The van der Waals surface area contributed by atoms with Crippen molar-refractivity contribution in [2.45, 2.75) is 6.42 Å². The first-order chi connectivity index (χ1) is 9.16. The summed E-state index contributed by atoms with van der Waals surface area (Å²) in [4.78, 5) is 25.7. The highest BCUT2D eigenvalue weighted by atomic mass is 16.2. The summed E-state index contributed by atoms with van der Waals surface area (Å²) >= 11 is 0. The molecule has 0 bridgehead atoms. The first-order valence-corrected chi connectivity index (χ1v) is 5.97. The molecule has 94 valence electrons. The molecule has 0 aromatic heterocycles. The molecule has 4 nitrogen and oxygen atoms in total. The average Bonchev–Trinajstić information content (AvgIpc) is 2.41. The standard InChI is InChI=1S/C15H12N2O2/c16-11-5-7-12(8-6-11)17-14(18)9-10-3-1-2-4-13(10)15(17)19/h1-8H,9,16H2. The van der Waals surface area contributed by atoms with Crippen LogP contribution in [-0.4, -0.2) is 11.8 Å². The van der Waals surface area contributed by atoms with Gasteiger partial charge in [0.25, 0.3) is 5.91 Å². The van der Waals surface area contributed by atoms with Crippen LogP contribution in [0.25, 0.3) is 0 Å². The molecular weight excluding hydrogens is 240 g/mol. The van der Waals surface area contributed by atoms with E-state index in [1.165, 1.54) is 4.90 Å². The number of carbonyl (C=O) groups excluding carboxylic acids is 2. The lowest BCUT2D eigenvalue weighted by atomic mass is 9.98. The Labute approximate surface area is 110 Å². The van der Waals surface area contributed by atoms with Gasteiger partial charge in [-0.1, -0.05) is 18.2 Å². The van der Waals surface area contributed by atoms with Gasteiger partial charge in [0.1, 0.15) is 0 Å². The van der Waals surface area contributed by atoms with Gasteiger partial charge in [-0.05, 0) is 35.9 Å². The van der Waals surface area contributed by atoms with Crippen molar-refractivity contribution in [2.75, 3.05) is 10.6 Å². The van der Waals surface area contributed by atoms with Crippen molar-refractivity contribution < 1.29 is 9.59 Å². The fraction of sp³-hybridized carbons (Fsp3) is 0.0667. The highest BCUT2D eigenvalue weighted by Crippen LogP contribution is 2.25. The van der Waals surface area contributed by atoms with E-state index in [-0.39, 0.29) is 18.2 Å². The smallest absolute Gasteiger partial charge is 0.265 e. The minimum Gasteiger partial charge on any atom is -0.399 e. The molecule has 2 amide bonds. The van der Waals surface area contributed by atoms with Crippen LogP contribution in [0.4, 0.5) is 11.4 Å². The maximum atomic E-state index is 12.4. The summed E-state index contributed by atoms with van der Waals surface area (Å²) in [6, 6.07) is 13.9. The quantitative estimate of drug-likeness (QED) is 0.623. The van der Waals surface area contributed by atoms with Gasteiger partial charge >= 0.3 is 0 Å². The molecule has 3 rings (SSSR count). The monoisotopic (exact) mass is 252 g/mol. The molecule has 0 fully saturated rings. The van der Waals surface area contributed by atoms with Crippen LogP contribution in [0.5, 0.6) is 0 Å². The van der Waals surface area contributed by atoms with Gasteiger partial charge in [-0.2, -0.15) is 0 Å². The summed E-state index contributed by atoms with van der Waals surface area (Å²) in [7, 11) is 0. The first kappa shape index (κ1) is 11.5. The second-order valence-corrected chi connectivity index (χ2v) is 4.46. The zero-order valence-corrected chi connectivity index (χ0v) is 10.2. The third-order valence-corrected chi connectivity index (χ3v) is 3.19. The number of nitrogens with two attached hydrogens (primary N) is 1. The molecule has 0 atom stereocenters. The lowest BCUT2D eigenvalue weighted by Crippen LogP contribution is -2.42. The first-order valence-electron chi connectivity index (χ1n) is 5.97. The van der Waals surface area contributed by atoms with Crippen molar-refractivity contribution in [3.8, 4) is 0 Å². The number of imide groups is 1. The molecule has 0 unspecified atom stereocenters. The molecular formula is C15H12N2O2. The predicted molar refractivity (Wildman–Crippen MR) is 72.8 cm³/mol. The molecule has 0 radical (unpaired) electrons. The second kappa shape index (κ2) is 4.24. The average molecular weight is 252 g/mol. The van der Waals surface area contributed by atoms with Crippen molar-refractivity contribution >= 4 is 23.2 Å². The van der Waals surface area contributed by atoms with E-state index in [2.05, 4.69) is 0 Å². The summed E-state index contributed by atoms with van der Waals surface area (Å²) in [5.74, 6) is -0.495. The fourth-order valence-electron chi connectivity index (χ4n) is 2.24. The number of hydrogen-bond acceptors (Lipinski definition) is 3. The van der Waals surface area contributed by atoms with Crippen LogP contribution in [0.1, 0.15) is 15.9 Å². The van der Waals surface area contributed by atoms with Crippen molar-refractivity contribution in [1.29, 1.82) is 0 Å². The molecule has 19 heavy (non-hydrogen) atoms. The van der Waals surface area contributed by atoms with Gasteiger partial charge in [-0.25, -0.2) is 4.90 Å². The number of hydrogen-bond donors (Lipinski definition) is 1. The zero-order chi connectivity index (χ0) is 13.4. The van der Waals surface area contributed by atoms with E-state index in [1.807, 2.05) is 12.1 Å². The summed E-state index contributed by atoms with van der Waals surface area (Å²) in [5.41, 5.74) is 8.13. The Balaban J connectivity index is 2.06. The summed E-state index contributed by atoms with van der Waals surface area (Å²) in [6.45, 7) is 0. The van der Waals surface area contributed by atoms with Crippen molar-refractivity contribution in [3.63, 3.8) is 0 Å². The number of carbonyl (C=O) groups is 2. The summed E-state index contributed by atoms with van der Waals surface area (Å²) in [5, 5.41) is 0. The van der Waals surface area contributed by atoms with E-state index < -0.39 is 0 Å². The Kier molecular flexibility index (Phi) is 2.56. The van der Waals surface area contributed by atoms with Crippen molar-refractivity contribution in [1.82, 2.24) is 0 Å². The van der Waals surface area contributed by atoms with Crippen molar-refractivity contribution in [2.24, 2.45) is 0 Å². The molecule has 2 aromatic rings. The third kappa shape index (κ3) is 1.87. The molecule has 1 aliphatic heterocycles. The van der Waals surface area contributed by atoms with E-state index in [1.54, 1.807) is 36.4 Å². The topological polar surface area (TPSA) is 63.4 Å². The lowest BCUT2D eigenvalue weighted by Gasteiger charge is -2.26. The van der Waals surface area contributed by atoms with Gasteiger partial charge in [0.2, 0.25) is 5.91 Å². The maximum Gasteiger partial charge on any atom is 0.265 e. The highest BCUT2D eigenvalue weighted by molar-refractivity contribution is 6.24.